The summed E-state index contributed by atoms with van der Waals surface area (Å²) in [5.74, 6) is -1.00. The Hall–Kier alpha value is -4.19. The summed E-state index contributed by atoms with van der Waals surface area (Å²) in [6.45, 7) is 6.33. The van der Waals surface area contributed by atoms with E-state index in [4.69, 9.17) is 14.2 Å². The fraction of sp³-hybridized carbons (Fsp3) is 0.629. The zero-order valence-corrected chi connectivity index (χ0v) is 43.8. The molecule has 0 aromatic carbocycles. The molecule has 0 amide bonds. The number of unbranched alkanes of at least 4 members (excludes halogenated alkanes) is 17. The summed E-state index contributed by atoms with van der Waals surface area (Å²) in [7, 11) is 0. The summed E-state index contributed by atoms with van der Waals surface area (Å²) < 4.78 is 16.7. The lowest BCUT2D eigenvalue weighted by Gasteiger charge is -2.18. The topological polar surface area (TPSA) is 78.9 Å². The molecular formula is C62H100O6. The van der Waals surface area contributed by atoms with E-state index in [1.807, 2.05) is 0 Å². The van der Waals surface area contributed by atoms with E-state index >= 15 is 0 Å². The van der Waals surface area contributed by atoms with Gasteiger partial charge in [-0.1, -0.05) is 232 Å². The van der Waals surface area contributed by atoms with E-state index in [9.17, 15) is 14.4 Å². The lowest BCUT2D eigenvalue weighted by molar-refractivity contribution is -0.167. The predicted octanol–water partition coefficient (Wildman–Crippen LogP) is 18.5. The lowest BCUT2D eigenvalue weighted by atomic mass is 10.0. The summed E-state index contributed by atoms with van der Waals surface area (Å²) in [4.78, 5) is 38.0. The molecular weight excluding hydrogens is 841 g/mol. The van der Waals surface area contributed by atoms with Crippen molar-refractivity contribution in [2.75, 3.05) is 13.2 Å². The van der Waals surface area contributed by atoms with Crippen molar-refractivity contribution in [3.63, 3.8) is 0 Å². The van der Waals surface area contributed by atoms with Crippen LogP contribution in [0.25, 0.3) is 0 Å². The Labute approximate surface area is 418 Å². The molecule has 6 heteroatoms. The highest BCUT2D eigenvalue weighted by molar-refractivity contribution is 5.71. The minimum absolute atomic E-state index is 0.113. The van der Waals surface area contributed by atoms with Crippen LogP contribution in [0.4, 0.5) is 0 Å². The summed E-state index contributed by atoms with van der Waals surface area (Å²) in [5.41, 5.74) is 0. The second-order valence-corrected chi connectivity index (χ2v) is 17.7. The molecule has 0 aromatic heterocycles. The smallest absolute Gasteiger partial charge is 0.306 e. The van der Waals surface area contributed by atoms with E-state index in [2.05, 4.69) is 142 Å². The molecule has 68 heavy (non-hydrogen) atoms. The molecule has 0 fully saturated rings. The van der Waals surface area contributed by atoms with Crippen LogP contribution >= 0.6 is 0 Å². The van der Waals surface area contributed by atoms with Gasteiger partial charge in [-0.25, -0.2) is 0 Å². The van der Waals surface area contributed by atoms with Gasteiger partial charge in [0.25, 0.3) is 0 Å². The molecule has 6 nitrogen and oxygen atoms in total. The van der Waals surface area contributed by atoms with Crippen LogP contribution in [0.5, 0.6) is 0 Å². The first-order valence-electron chi connectivity index (χ1n) is 27.5. The van der Waals surface area contributed by atoms with Gasteiger partial charge in [-0.2, -0.15) is 0 Å². The predicted molar refractivity (Wildman–Crippen MR) is 293 cm³/mol. The second-order valence-electron chi connectivity index (χ2n) is 17.7. The van der Waals surface area contributed by atoms with Crippen LogP contribution in [0.1, 0.15) is 233 Å². The van der Waals surface area contributed by atoms with Crippen LogP contribution in [0.3, 0.4) is 0 Å². The Morgan fingerprint density at radius 2 is 0.588 bits per heavy atom. The van der Waals surface area contributed by atoms with Crippen LogP contribution < -0.4 is 0 Å². The minimum atomic E-state index is -0.815. The number of carbonyl (C=O) groups is 3. The third-order valence-electron chi connectivity index (χ3n) is 11.2. The highest BCUT2D eigenvalue weighted by Gasteiger charge is 2.19. The Morgan fingerprint density at radius 3 is 0.956 bits per heavy atom. The van der Waals surface area contributed by atoms with Crippen LogP contribution in [-0.2, 0) is 28.6 Å². The molecule has 0 saturated carbocycles. The van der Waals surface area contributed by atoms with Gasteiger partial charge in [0.1, 0.15) is 13.2 Å². The van der Waals surface area contributed by atoms with E-state index in [1.165, 1.54) is 70.6 Å². The van der Waals surface area contributed by atoms with Gasteiger partial charge in [0.2, 0.25) is 0 Å². The Kier molecular flexibility index (Phi) is 52.0. The molecule has 0 aliphatic rings. The maximum Gasteiger partial charge on any atom is 0.306 e. The monoisotopic (exact) mass is 941 g/mol. The van der Waals surface area contributed by atoms with Crippen molar-refractivity contribution in [3.05, 3.63) is 122 Å². The van der Waals surface area contributed by atoms with Crippen molar-refractivity contribution >= 4 is 17.9 Å². The third-order valence-corrected chi connectivity index (χ3v) is 11.2. The van der Waals surface area contributed by atoms with Crippen LogP contribution in [-0.4, -0.2) is 37.2 Å². The lowest BCUT2D eigenvalue weighted by Crippen LogP contribution is -2.30. The molecule has 0 aliphatic heterocycles. The van der Waals surface area contributed by atoms with Crippen molar-refractivity contribution in [3.8, 4) is 0 Å². The van der Waals surface area contributed by atoms with E-state index < -0.39 is 6.10 Å². The largest absolute Gasteiger partial charge is 0.462 e. The van der Waals surface area contributed by atoms with Gasteiger partial charge < -0.3 is 14.2 Å². The molecule has 0 rings (SSSR count). The normalized spacial score (nSPS) is 13.0. The van der Waals surface area contributed by atoms with Crippen molar-refractivity contribution in [1.29, 1.82) is 0 Å². The molecule has 384 valence electrons. The molecule has 0 saturated heterocycles. The van der Waals surface area contributed by atoms with Crippen molar-refractivity contribution < 1.29 is 28.6 Å². The second kappa shape index (κ2) is 55.4. The van der Waals surface area contributed by atoms with Crippen LogP contribution in [0.15, 0.2) is 122 Å². The van der Waals surface area contributed by atoms with Gasteiger partial charge in [0.05, 0.1) is 0 Å². The van der Waals surface area contributed by atoms with Crippen molar-refractivity contribution in [1.82, 2.24) is 0 Å². The Balaban J connectivity index is 4.49. The maximum absolute atomic E-state index is 12.8. The van der Waals surface area contributed by atoms with Crippen LogP contribution in [0, 0.1) is 0 Å². The van der Waals surface area contributed by atoms with Crippen LogP contribution in [0.2, 0.25) is 0 Å². The van der Waals surface area contributed by atoms with Gasteiger partial charge in [-0.3, -0.25) is 14.4 Å². The highest BCUT2D eigenvalue weighted by atomic mass is 16.6. The molecule has 0 bridgehead atoms. The third kappa shape index (κ3) is 52.8. The van der Waals surface area contributed by atoms with Crippen molar-refractivity contribution in [2.45, 2.75) is 239 Å². The Morgan fingerprint density at radius 1 is 0.309 bits per heavy atom. The Bertz CT molecular complexity index is 1450. The maximum atomic E-state index is 12.8. The first kappa shape index (κ1) is 63.8. The van der Waals surface area contributed by atoms with E-state index in [0.717, 1.165) is 116 Å². The molecule has 0 spiro atoms. The van der Waals surface area contributed by atoms with E-state index in [1.54, 1.807) is 0 Å². The van der Waals surface area contributed by atoms with Gasteiger partial charge in [0, 0.05) is 19.3 Å². The first-order valence-corrected chi connectivity index (χ1v) is 27.5. The highest BCUT2D eigenvalue weighted by Crippen LogP contribution is 2.14. The standard InChI is InChI=1S/C62H100O6/c1-4-7-10-13-16-19-22-25-27-28-29-30-31-32-33-34-35-38-40-43-46-49-52-55-61(64)67-58-59(57-66-60(63)54-51-48-45-42-39-36-24-21-18-15-12-9-6-3)68-62(65)56-53-50-47-44-41-37-26-23-20-17-14-11-8-5-2/h7,9-10,12,16,18-19,21,25,27,29-30,32-33,35-36,38-39,43,46,59H,4-6,8,11,13-15,17,20,22-24,26,28,31,34,37,40-42,44-45,47-58H2,1-3H3/b10-7-,12-9-,19-16-,21-18-,27-25-,30-29-,33-32-,38-35-,39-36-,46-43-. The minimum Gasteiger partial charge on any atom is -0.462 e. The van der Waals surface area contributed by atoms with E-state index in [-0.39, 0.29) is 37.5 Å². The molecule has 0 heterocycles. The van der Waals surface area contributed by atoms with Gasteiger partial charge >= 0.3 is 17.9 Å². The molecule has 0 aromatic rings. The number of carbonyl (C=O) groups excluding carboxylic acids is 3. The van der Waals surface area contributed by atoms with E-state index in [0.29, 0.717) is 19.3 Å². The van der Waals surface area contributed by atoms with Gasteiger partial charge in [-0.15, -0.1) is 0 Å². The molecule has 0 aliphatic carbocycles. The average molecular weight is 941 g/mol. The molecule has 0 radical (unpaired) electrons. The van der Waals surface area contributed by atoms with Crippen molar-refractivity contribution in [2.24, 2.45) is 0 Å². The number of allylic oxidation sites excluding steroid dienone is 20. The zero-order chi connectivity index (χ0) is 49.3. The average Bonchev–Trinajstić information content (AvgIpc) is 3.34. The summed E-state index contributed by atoms with van der Waals surface area (Å²) in [6.07, 6.45) is 76.2. The number of esters is 3. The molecule has 1 unspecified atom stereocenters. The quantitative estimate of drug-likeness (QED) is 0.0262. The fourth-order valence-corrected chi connectivity index (χ4v) is 7.15. The summed E-state index contributed by atoms with van der Waals surface area (Å²) >= 11 is 0. The molecule has 0 N–H and O–H groups in total. The summed E-state index contributed by atoms with van der Waals surface area (Å²) in [6, 6.07) is 0. The number of rotatable bonds is 48. The van der Waals surface area contributed by atoms with Gasteiger partial charge in [-0.05, 0) is 103 Å². The fourth-order valence-electron chi connectivity index (χ4n) is 7.15. The number of ether oxygens (including phenoxy) is 3. The number of hydrogen-bond acceptors (Lipinski definition) is 6. The molecule has 1 atom stereocenters. The first-order chi connectivity index (χ1) is 33.5. The number of hydrogen-bond donors (Lipinski definition) is 0. The zero-order valence-electron chi connectivity index (χ0n) is 43.8. The SMILES string of the molecule is CC/C=C\C/C=C\C/C=C\C/C=C\C/C=C\C/C=C\C/C=C\CCCC(=O)OCC(COC(=O)CCCCC/C=C\C/C=C\C/C=C\CC)OC(=O)CCCCCCCCCCCCCCCC. The van der Waals surface area contributed by atoms with Gasteiger partial charge in [0.15, 0.2) is 6.10 Å². The summed E-state index contributed by atoms with van der Waals surface area (Å²) in [5, 5.41) is 0.